The van der Waals surface area contributed by atoms with Crippen LogP contribution in [0.2, 0.25) is 5.02 Å². The summed E-state index contributed by atoms with van der Waals surface area (Å²) in [5.74, 6) is -0.182. The average molecular weight is 286 g/mol. The normalized spacial score (nSPS) is 17.1. The lowest BCUT2D eigenvalue weighted by Gasteiger charge is -2.29. The maximum Gasteiger partial charge on any atom is 0.127 e. The van der Waals surface area contributed by atoms with E-state index in [2.05, 4.69) is 15.1 Å². The summed E-state index contributed by atoms with van der Waals surface area (Å²) in [6.45, 7) is 6.88. The van der Waals surface area contributed by atoms with Crippen LogP contribution >= 0.6 is 11.6 Å². The minimum atomic E-state index is -0.182. The molecule has 1 saturated heterocycles. The van der Waals surface area contributed by atoms with Crippen molar-refractivity contribution in [1.82, 2.24) is 15.1 Å². The molecule has 106 valence electrons. The summed E-state index contributed by atoms with van der Waals surface area (Å²) in [6, 6.07) is 4.72. The van der Waals surface area contributed by atoms with E-state index in [1.165, 1.54) is 6.07 Å². The van der Waals surface area contributed by atoms with Crippen molar-refractivity contribution in [3.63, 3.8) is 0 Å². The fourth-order valence-electron chi connectivity index (χ4n) is 2.28. The molecule has 1 heterocycles. The van der Waals surface area contributed by atoms with Crippen molar-refractivity contribution < 1.29 is 4.39 Å². The molecule has 0 spiro atoms. The fourth-order valence-corrected chi connectivity index (χ4v) is 2.48. The summed E-state index contributed by atoms with van der Waals surface area (Å²) < 4.78 is 13.6. The summed E-state index contributed by atoms with van der Waals surface area (Å²) in [5, 5.41) is 3.93. The van der Waals surface area contributed by atoms with E-state index in [1.807, 2.05) is 7.05 Å². The van der Waals surface area contributed by atoms with Gasteiger partial charge in [-0.3, -0.25) is 4.90 Å². The van der Waals surface area contributed by atoms with E-state index >= 15 is 0 Å². The van der Waals surface area contributed by atoms with Crippen LogP contribution in [-0.4, -0.2) is 56.1 Å². The third-order valence-corrected chi connectivity index (χ3v) is 3.69. The number of piperazine rings is 1. The SMILES string of the molecule is CN(CCN1CCNCC1)Cc1cc(Cl)ccc1F. The van der Waals surface area contributed by atoms with Crippen LogP contribution in [0.15, 0.2) is 18.2 Å². The predicted octanol–water partition coefficient (Wildman–Crippen LogP) is 1.82. The van der Waals surface area contributed by atoms with Gasteiger partial charge in [0.05, 0.1) is 0 Å². The Morgan fingerprint density at radius 2 is 2.11 bits per heavy atom. The van der Waals surface area contributed by atoms with Crippen molar-refractivity contribution in [2.45, 2.75) is 6.54 Å². The highest BCUT2D eigenvalue weighted by atomic mass is 35.5. The third-order valence-electron chi connectivity index (χ3n) is 3.46. The molecule has 0 saturated carbocycles. The van der Waals surface area contributed by atoms with Crippen molar-refractivity contribution in [2.75, 3.05) is 46.3 Å². The largest absolute Gasteiger partial charge is 0.314 e. The Morgan fingerprint density at radius 1 is 1.37 bits per heavy atom. The number of nitrogens with zero attached hydrogens (tertiary/aromatic N) is 2. The topological polar surface area (TPSA) is 18.5 Å². The van der Waals surface area contributed by atoms with Gasteiger partial charge in [-0.2, -0.15) is 0 Å². The molecule has 1 aromatic carbocycles. The molecule has 1 aliphatic heterocycles. The second-order valence-corrected chi connectivity index (χ2v) is 5.50. The highest BCUT2D eigenvalue weighted by molar-refractivity contribution is 6.30. The lowest BCUT2D eigenvalue weighted by molar-refractivity contribution is 0.201. The Labute approximate surface area is 119 Å². The molecule has 0 radical (unpaired) electrons. The molecule has 2 rings (SSSR count). The quantitative estimate of drug-likeness (QED) is 0.890. The first-order valence-corrected chi connectivity index (χ1v) is 7.08. The van der Waals surface area contributed by atoms with Crippen LogP contribution in [0.3, 0.4) is 0 Å². The van der Waals surface area contributed by atoms with Gasteiger partial charge in [0.25, 0.3) is 0 Å². The van der Waals surface area contributed by atoms with Crippen LogP contribution in [0, 0.1) is 5.82 Å². The Kier molecular flexibility index (Phi) is 5.58. The minimum absolute atomic E-state index is 0.182. The van der Waals surface area contributed by atoms with Crippen LogP contribution in [0.4, 0.5) is 4.39 Å². The molecule has 3 nitrogen and oxygen atoms in total. The average Bonchev–Trinajstić information content (AvgIpc) is 2.42. The predicted molar refractivity (Wildman–Crippen MR) is 77.1 cm³/mol. The molecule has 5 heteroatoms. The summed E-state index contributed by atoms with van der Waals surface area (Å²) >= 11 is 5.90. The molecule has 0 aliphatic carbocycles. The van der Waals surface area contributed by atoms with Crippen LogP contribution < -0.4 is 5.32 Å². The Hall–Kier alpha value is -0.680. The summed E-state index contributed by atoms with van der Waals surface area (Å²) in [7, 11) is 2.02. The lowest BCUT2D eigenvalue weighted by Crippen LogP contribution is -2.45. The number of benzene rings is 1. The monoisotopic (exact) mass is 285 g/mol. The molecule has 0 bridgehead atoms. The number of hydrogen-bond acceptors (Lipinski definition) is 3. The van der Waals surface area contributed by atoms with Crippen LogP contribution in [-0.2, 0) is 6.54 Å². The molecule has 0 atom stereocenters. The molecule has 0 amide bonds. The van der Waals surface area contributed by atoms with E-state index in [-0.39, 0.29) is 5.82 Å². The Morgan fingerprint density at radius 3 is 2.84 bits per heavy atom. The highest BCUT2D eigenvalue weighted by Crippen LogP contribution is 2.16. The number of likely N-dealkylation sites (N-methyl/N-ethyl adjacent to an activating group) is 1. The smallest absolute Gasteiger partial charge is 0.127 e. The zero-order valence-corrected chi connectivity index (χ0v) is 12.1. The summed E-state index contributed by atoms with van der Waals surface area (Å²) in [5.41, 5.74) is 0.662. The Bertz CT molecular complexity index is 408. The minimum Gasteiger partial charge on any atom is -0.314 e. The maximum absolute atomic E-state index is 13.6. The second-order valence-electron chi connectivity index (χ2n) is 5.07. The first-order chi connectivity index (χ1) is 9.15. The number of rotatable bonds is 5. The summed E-state index contributed by atoms with van der Waals surface area (Å²) in [6.07, 6.45) is 0. The molecule has 1 fully saturated rings. The molecular weight excluding hydrogens is 265 g/mol. The van der Waals surface area contributed by atoms with Gasteiger partial charge in [-0.25, -0.2) is 4.39 Å². The highest BCUT2D eigenvalue weighted by Gasteiger charge is 2.11. The van der Waals surface area contributed by atoms with Gasteiger partial charge in [0.15, 0.2) is 0 Å². The van der Waals surface area contributed by atoms with Gasteiger partial charge in [0.2, 0.25) is 0 Å². The van der Waals surface area contributed by atoms with Crippen molar-refractivity contribution in [1.29, 1.82) is 0 Å². The molecule has 19 heavy (non-hydrogen) atoms. The number of nitrogens with one attached hydrogen (secondary N) is 1. The van der Waals surface area contributed by atoms with Gasteiger partial charge in [-0.15, -0.1) is 0 Å². The van der Waals surface area contributed by atoms with Gasteiger partial charge < -0.3 is 10.2 Å². The van der Waals surface area contributed by atoms with Gasteiger partial charge in [-0.1, -0.05) is 11.6 Å². The van der Waals surface area contributed by atoms with Crippen LogP contribution in [0.1, 0.15) is 5.56 Å². The van der Waals surface area contributed by atoms with Crippen molar-refractivity contribution in [3.05, 3.63) is 34.6 Å². The van der Waals surface area contributed by atoms with E-state index in [4.69, 9.17) is 11.6 Å². The summed E-state index contributed by atoms with van der Waals surface area (Å²) in [4.78, 5) is 4.57. The molecular formula is C14H21ClFN3. The molecule has 1 N–H and O–H groups in total. The van der Waals surface area contributed by atoms with Crippen LogP contribution in [0.25, 0.3) is 0 Å². The van der Waals surface area contributed by atoms with Gasteiger partial charge >= 0.3 is 0 Å². The van der Waals surface area contributed by atoms with E-state index in [1.54, 1.807) is 12.1 Å². The molecule has 0 aromatic heterocycles. The fraction of sp³-hybridized carbons (Fsp3) is 0.571. The van der Waals surface area contributed by atoms with E-state index in [9.17, 15) is 4.39 Å². The lowest BCUT2D eigenvalue weighted by atomic mass is 10.2. The molecule has 0 unspecified atom stereocenters. The van der Waals surface area contributed by atoms with Crippen LogP contribution in [0.5, 0.6) is 0 Å². The van der Waals surface area contributed by atoms with E-state index in [0.29, 0.717) is 17.1 Å². The standard InChI is InChI=1S/C14H21ClFN3/c1-18(8-9-19-6-4-17-5-7-19)11-12-10-13(15)2-3-14(12)16/h2-3,10,17H,4-9,11H2,1H3. The van der Waals surface area contributed by atoms with Crippen molar-refractivity contribution >= 4 is 11.6 Å². The number of halogens is 2. The number of hydrogen-bond donors (Lipinski definition) is 1. The first-order valence-electron chi connectivity index (χ1n) is 6.71. The second kappa shape index (κ2) is 7.20. The zero-order chi connectivity index (χ0) is 13.7. The van der Waals surface area contributed by atoms with Gasteiger partial charge in [-0.05, 0) is 25.2 Å². The first kappa shape index (κ1) is 14.7. The van der Waals surface area contributed by atoms with Crippen molar-refractivity contribution in [2.24, 2.45) is 0 Å². The van der Waals surface area contributed by atoms with Gasteiger partial charge in [0.1, 0.15) is 5.82 Å². The molecule has 1 aromatic rings. The van der Waals surface area contributed by atoms with Crippen molar-refractivity contribution in [3.8, 4) is 0 Å². The van der Waals surface area contributed by atoms with E-state index < -0.39 is 0 Å². The molecule has 1 aliphatic rings. The maximum atomic E-state index is 13.6. The Balaban J connectivity index is 1.80. The van der Waals surface area contributed by atoms with Gasteiger partial charge in [0, 0.05) is 56.4 Å². The zero-order valence-electron chi connectivity index (χ0n) is 11.3. The third kappa shape index (κ3) is 4.73. The van der Waals surface area contributed by atoms with E-state index in [0.717, 1.165) is 39.3 Å².